The molecule has 31 heavy (non-hydrogen) atoms. The molecule has 3 aliphatic rings. The summed E-state index contributed by atoms with van der Waals surface area (Å²) in [4.78, 5) is 30.6. The Hall–Kier alpha value is -2.82. The largest absolute Gasteiger partial charge is 0.332 e. The fourth-order valence-electron chi connectivity index (χ4n) is 5.26. The summed E-state index contributed by atoms with van der Waals surface area (Å²) in [6, 6.07) is 16.9. The van der Waals surface area contributed by atoms with Gasteiger partial charge in [-0.05, 0) is 74.3 Å². The van der Waals surface area contributed by atoms with Crippen LogP contribution in [0.2, 0.25) is 0 Å². The highest BCUT2D eigenvalue weighted by Crippen LogP contribution is 2.43. The van der Waals surface area contributed by atoms with E-state index in [0.717, 1.165) is 49.8 Å². The highest BCUT2D eigenvalue weighted by molar-refractivity contribution is 5.90. The summed E-state index contributed by atoms with van der Waals surface area (Å²) < 4.78 is 0. The molecule has 2 unspecified atom stereocenters. The monoisotopic (exact) mass is 417 g/mol. The van der Waals surface area contributed by atoms with Crippen molar-refractivity contribution < 1.29 is 9.59 Å². The highest BCUT2D eigenvalue weighted by Gasteiger charge is 2.43. The maximum absolute atomic E-state index is 13.7. The molecule has 0 spiro atoms. The number of aryl methyl sites for hydroxylation is 2. The molecule has 5 rings (SSSR count). The van der Waals surface area contributed by atoms with Crippen LogP contribution in [0.25, 0.3) is 0 Å². The molecule has 3 amide bonds. The lowest BCUT2D eigenvalue weighted by molar-refractivity contribution is -0.140. The third-order valence-corrected chi connectivity index (χ3v) is 6.96. The summed E-state index contributed by atoms with van der Waals surface area (Å²) in [5, 5.41) is 3.01. The molecule has 1 N–H and O–H groups in total. The van der Waals surface area contributed by atoms with Crippen molar-refractivity contribution in [2.24, 2.45) is 5.92 Å². The summed E-state index contributed by atoms with van der Waals surface area (Å²) in [6.45, 7) is 3.23. The van der Waals surface area contributed by atoms with Gasteiger partial charge in [0.15, 0.2) is 0 Å². The predicted octanol–water partition coefficient (Wildman–Crippen LogP) is 4.92. The van der Waals surface area contributed by atoms with Gasteiger partial charge in [0.25, 0.3) is 0 Å². The second-order valence-electron chi connectivity index (χ2n) is 9.31. The smallest absolute Gasteiger partial charge is 0.321 e. The molecule has 2 atom stereocenters. The van der Waals surface area contributed by atoms with Gasteiger partial charge >= 0.3 is 6.03 Å². The number of nitrogens with one attached hydrogen (secondary N) is 1. The Kier molecular flexibility index (Phi) is 5.43. The van der Waals surface area contributed by atoms with E-state index in [0.29, 0.717) is 19.1 Å². The molecular weight excluding hydrogens is 386 g/mol. The first-order chi connectivity index (χ1) is 15.1. The fourth-order valence-corrected chi connectivity index (χ4v) is 5.26. The van der Waals surface area contributed by atoms with Gasteiger partial charge in [-0.15, -0.1) is 0 Å². The van der Waals surface area contributed by atoms with Crippen molar-refractivity contribution in [2.45, 2.75) is 57.5 Å². The maximum atomic E-state index is 13.7. The third kappa shape index (κ3) is 4.18. The van der Waals surface area contributed by atoms with Crippen molar-refractivity contribution in [2.75, 3.05) is 18.4 Å². The molecule has 1 saturated carbocycles. The van der Waals surface area contributed by atoms with Gasteiger partial charge in [0, 0.05) is 24.8 Å². The van der Waals surface area contributed by atoms with Crippen LogP contribution >= 0.6 is 0 Å². The number of amides is 3. The minimum absolute atomic E-state index is 0.104. The quantitative estimate of drug-likeness (QED) is 0.768. The summed E-state index contributed by atoms with van der Waals surface area (Å²) in [5.41, 5.74) is 4.63. The Labute approximate surface area is 184 Å². The number of rotatable bonds is 4. The molecule has 1 saturated heterocycles. The Morgan fingerprint density at radius 3 is 2.68 bits per heavy atom. The Bertz CT molecular complexity index is 984. The number of piperidine rings is 1. The molecular formula is C26H31N3O2. The van der Waals surface area contributed by atoms with E-state index < -0.39 is 0 Å². The van der Waals surface area contributed by atoms with Crippen LogP contribution in [-0.4, -0.2) is 40.9 Å². The maximum Gasteiger partial charge on any atom is 0.321 e. The molecule has 5 heteroatoms. The zero-order valence-corrected chi connectivity index (χ0v) is 18.2. The topological polar surface area (TPSA) is 52.7 Å². The van der Waals surface area contributed by atoms with Crippen LogP contribution in [0.15, 0.2) is 48.5 Å². The Morgan fingerprint density at radius 2 is 1.87 bits per heavy atom. The average Bonchev–Trinajstić information content (AvgIpc) is 3.53. The Balaban J connectivity index is 1.29. The van der Waals surface area contributed by atoms with E-state index in [9.17, 15) is 9.59 Å². The summed E-state index contributed by atoms with van der Waals surface area (Å²) >= 11 is 0. The van der Waals surface area contributed by atoms with E-state index in [1.54, 1.807) is 0 Å². The highest BCUT2D eigenvalue weighted by atomic mass is 16.2. The number of hydrogen-bond acceptors (Lipinski definition) is 2. The minimum Gasteiger partial charge on any atom is -0.332 e. The van der Waals surface area contributed by atoms with Gasteiger partial charge in [0.2, 0.25) is 5.91 Å². The van der Waals surface area contributed by atoms with Gasteiger partial charge in [0.05, 0.1) is 12.0 Å². The number of anilines is 1. The van der Waals surface area contributed by atoms with Gasteiger partial charge in [0.1, 0.15) is 0 Å². The van der Waals surface area contributed by atoms with Crippen molar-refractivity contribution >= 4 is 17.6 Å². The van der Waals surface area contributed by atoms with Gasteiger partial charge < -0.3 is 15.1 Å². The van der Waals surface area contributed by atoms with Crippen LogP contribution in [0.1, 0.15) is 54.8 Å². The zero-order chi connectivity index (χ0) is 21.4. The van der Waals surface area contributed by atoms with Crippen molar-refractivity contribution in [3.05, 3.63) is 65.2 Å². The molecule has 2 aromatic carbocycles. The molecule has 2 aromatic rings. The van der Waals surface area contributed by atoms with Crippen LogP contribution < -0.4 is 5.32 Å². The molecule has 1 heterocycles. The fraction of sp³-hybridized carbons (Fsp3) is 0.462. The summed E-state index contributed by atoms with van der Waals surface area (Å²) in [6.07, 6.45) is 6.02. The zero-order valence-electron chi connectivity index (χ0n) is 18.2. The third-order valence-electron chi connectivity index (χ3n) is 6.96. The standard InChI is InChI=1S/C26H31N3O2/c1-18-6-4-9-21(16-18)27-26(31)28-15-5-8-20(17-28)25(30)29(22-12-13-22)24-14-11-19-7-2-3-10-23(19)24/h2-4,6-7,9-10,16,20,22,24H,5,8,11-15,17H2,1H3,(H,27,31). The number of nitrogens with zero attached hydrogens (tertiary/aromatic N) is 2. The van der Waals surface area contributed by atoms with Crippen LogP contribution in [0.3, 0.4) is 0 Å². The van der Waals surface area contributed by atoms with Crippen LogP contribution in [0.4, 0.5) is 10.5 Å². The van der Waals surface area contributed by atoms with E-state index in [1.165, 1.54) is 11.1 Å². The van der Waals surface area contributed by atoms with Gasteiger partial charge in [-0.3, -0.25) is 4.79 Å². The van der Waals surface area contributed by atoms with Gasteiger partial charge in [-0.2, -0.15) is 0 Å². The second kappa shape index (κ2) is 8.37. The lowest BCUT2D eigenvalue weighted by atomic mass is 9.95. The van der Waals surface area contributed by atoms with E-state index in [-0.39, 0.29) is 23.9 Å². The minimum atomic E-state index is -0.106. The molecule has 2 fully saturated rings. The molecule has 0 radical (unpaired) electrons. The van der Waals surface area contributed by atoms with E-state index in [2.05, 4.69) is 34.5 Å². The first kappa shape index (κ1) is 20.1. The lowest BCUT2D eigenvalue weighted by Gasteiger charge is -2.37. The molecule has 2 aliphatic carbocycles. The van der Waals surface area contributed by atoms with E-state index >= 15 is 0 Å². The van der Waals surface area contributed by atoms with Crippen LogP contribution in [0, 0.1) is 12.8 Å². The van der Waals surface area contributed by atoms with Crippen molar-refractivity contribution in [1.82, 2.24) is 9.80 Å². The molecule has 1 aliphatic heterocycles. The normalized spacial score (nSPS) is 22.7. The number of likely N-dealkylation sites (tertiary alicyclic amines) is 1. The van der Waals surface area contributed by atoms with Crippen LogP contribution in [0.5, 0.6) is 0 Å². The van der Waals surface area contributed by atoms with Crippen molar-refractivity contribution in [3.63, 3.8) is 0 Å². The first-order valence-electron chi connectivity index (χ1n) is 11.6. The van der Waals surface area contributed by atoms with Crippen LogP contribution in [-0.2, 0) is 11.2 Å². The van der Waals surface area contributed by atoms with Crippen molar-refractivity contribution in [3.8, 4) is 0 Å². The number of urea groups is 1. The number of fused-ring (bicyclic) bond motifs is 1. The summed E-state index contributed by atoms with van der Waals surface area (Å²) in [7, 11) is 0. The first-order valence-corrected chi connectivity index (χ1v) is 11.6. The van der Waals surface area contributed by atoms with E-state index in [4.69, 9.17) is 0 Å². The number of benzene rings is 2. The Morgan fingerprint density at radius 1 is 1.03 bits per heavy atom. The summed E-state index contributed by atoms with van der Waals surface area (Å²) in [5.74, 6) is 0.141. The molecule has 0 bridgehead atoms. The number of carbonyl (C=O) groups excluding carboxylic acids is 2. The SMILES string of the molecule is Cc1cccc(NC(=O)N2CCCC(C(=O)N(C3CC3)C3CCc4ccccc43)C2)c1. The molecule has 5 nitrogen and oxygen atoms in total. The van der Waals surface area contributed by atoms with Crippen molar-refractivity contribution in [1.29, 1.82) is 0 Å². The average molecular weight is 418 g/mol. The molecule has 0 aromatic heterocycles. The predicted molar refractivity (Wildman–Crippen MR) is 122 cm³/mol. The van der Waals surface area contributed by atoms with Gasteiger partial charge in [-0.25, -0.2) is 4.79 Å². The second-order valence-corrected chi connectivity index (χ2v) is 9.31. The van der Waals surface area contributed by atoms with E-state index in [1.807, 2.05) is 36.1 Å². The molecule has 162 valence electrons. The number of carbonyl (C=O) groups is 2. The number of hydrogen-bond donors (Lipinski definition) is 1. The lowest BCUT2D eigenvalue weighted by Crippen LogP contribution is -2.49. The van der Waals surface area contributed by atoms with Gasteiger partial charge in [-0.1, -0.05) is 36.4 Å².